The number of aromatic nitrogens is 1. The molecule has 3 aromatic rings. The van der Waals surface area contributed by atoms with Gasteiger partial charge in [-0.3, -0.25) is 4.79 Å². The Hall–Kier alpha value is -3.30. The van der Waals surface area contributed by atoms with Crippen molar-refractivity contribution in [3.8, 4) is 16.9 Å². The Balaban J connectivity index is 2.07. The van der Waals surface area contributed by atoms with E-state index < -0.39 is 34.8 Å². The van der Waals surface area contributed by atoms with Crippen molar-refractivity contribution in [1.82, 2.24) is 4.98 Å². The van der Waals surface area contributed by atoms with Crippen LogP contribution in [0.1, 0.15) is 39.9 Å². The van der Waals surface area contributed by atoms with Crippen LogP contribution in [0.4, 0.5) is 13.2 Å². The lowest BCUT2D eigenvalue weighted by Gasteiger charge is -2.37. The number of methoxy groups -OCH3 is 2. The number of carbonyl (C=O) groups is 1. The summed E-state index contributed by atoms with van der Waals surface area (Å²) in [5.74, 6) is -1.85. The van der Waals surface area contributed by atoms with Gasteiger partial charge in [0, 0.05) is 28.3 Å². The average molecular weight is 510 g/mol. The number of aliphatic hydroxyl groups is 1. The first-order valence-corrected chi connectivity index (χ1v) is 10.8. The fourth-order valence-electron chi connectivity index (χ4n) is 3.91. The molecule has 0 saturated carbocycles. The van der Waals surface area contributed by atoms with Gasteiger partial charge >= 0.3 is 12.1 Å². The molecule has 0 aliphatic carbocycles. The quantitative estimate of drug-likeness (QED) is 0.437. The van der Waals surface area contributed by atoms with Crippen molar-refractivity contribution in [2.24, 2.45) is 0 Å². The van der Waals surface area contributed by atoms with Gasteiger partial charge in [0.15, 0.2) is 5.60 Å². The third-order valence-electron chi connectivity index (χ3n) is 5.99. The number of hydrogen-bond acceptors (Lipinski definition) is 5. The maximum absolute atomic E-state index is 14.2. The maximum Gasteiger partial charge on any atom is 0.422 e. The van der Waals surface area contributed by atoms with Crippen LogP contribution >= 0.6 is 11.6 Å². The van der Waals surface area contributed by atoms with E-state index >= 15 is 0 Å². The van der Waals surface area contributed by atoms with Crippen molar-refractivity contribution in [1.29, 1.82) is 0 Å². The molecule has 0 spiro atoms. The summed E-state index contributed by atoms with van der Waals surface area (Å²) in [5.41, 5.74) is -2.94. The van der Waals surface area contributed by atoms with Gasteiger partial charge in [0.25, 0.3) is 5.56 Å². The molecule has 2 aromatic carbocycles. The minimum Gasteiger partial charge on any atom is -0.496 e. The van der Waals surface area contributed by atoms with Gasteiger partial charge in [-0.15, -0.1) is 0 Å². The maximum atomic E-state index is 14.2. The fraction of sp³-hybridized carbons (Fsp3) is 0.280. The largest absolute Gasteiger partial charge is 0.496 e. The summed E-state index contributed by atoms with van der Waals surface area (Å²) in [5, 5.41) is 11.0. The Morgan fingerprint density at radius 1 is 1.09 bits per heavy atom. The Kier molecular flexibility index (Phi) is 7.33. The minimum atomic E-state index is -5.07. The zero-order valence-corrected chi connectivity index (χ0v) is 20.0. The van der Waals surface area contributed by atoms with Crippen molar-refractivity contribution in [3.63, 3.8) is 0 Å². The third kappa shape index (κ3) is 4.78. The second kappa shape index (κ2) is 9.75. The van der Waals surface area contributed by atoms with E-state index in [1.54, 1.807) is 18.2 Å². The van der Waals surface area contributed by atoms with Crippen molar-refractivity contribution in [2.45, 2.75) is 31.5 Å². The number of carbonyl (C=O) groups excluding carboxylic acids is 1. The second-order valence-electron chi connectivity index (χ2n) is 8.03. The van der Waals surface area contributed by atoms with Crippen LogP contribution in [0, 0.1) is 6.92 Å². The Bertz CT molecular complexity index is 1320. The van der Waals surface area contributed by atoms with Crippen molar-refractivity contribution in [2.75, 3.05) is 14.2 Å². The molecule has 0 aliphatic rings. The van der Waals surface area contributed by atoms with Gasteiger partial charge in [-0.25, -0.2) is 4.79 Å². The van der Waals surface area contributed by atoms with E-state index in [1.807, 2.05) is 0 Å². The number of esters is 1. The van der Waals surface area contributed by atoms with Crippen molar-refractivity contribution < 1.29 is 32.5 Å². The van der Waals surface area contributed by atoms with Crippen LogP contribution < -0.4 is 10.3 Å². The molecule has 186 valence electrons. The van der Waals surface area contributed by atoms with Crippen molar-refractivity contribution >= 4 is 17.6 Å². The van der Waals surface area contributed by atoms with Crippen LogP contribution in [0.2, 0.25) is 5.02 Å². The predicted octanol–water partition coefficient (Wildman–Crippen LogP) is 5.35. The number of aryl methyl sites for hydroxylation is 1. The normalized spacial score (nSPS) is 14.2. The Morgan fingerprint density at radius 2 is 1.71 bits per heavy atom. The van der Waals surface area contributed by atoms with Crippen LogP contribution in [0.25, 0.3) is 11.1 Å². The molecule has 10 heteroatoms. The molecular formula is C25H23ClF3NO5. The van der Waals surface area contributed by atoms with E-state index in [4.69, 9.17) is 21.1 Å². The highest BCUT2D eigenvalue weighted by molar-refractivity contribution is 6.31. The number of nitrogens with one attached hydrogen (secondary N) is 1. The van der Waals surface area contributed by atoms with Gasteiger partial charge in [-0.2, -0.15) is 13.2 Å². The van der Waals surface area contributed by atoms with Crippen LogP contribution in [-0.4, -0.2) is 36.5 Å². The monoisotopic (exact) mass is 509 g/mol. The summed E-state index contributed by atoms with van der Waals surface area (Å²) in [4.78, 5) is 25.8. The smallest absolute Gasteiger partial charge is 0.422 e. The molecule has 1 aromatic heterocycles. The SMILES string of the molecule is COC(=O)c1ccc(-c2ccc(C(C)C(O)(c3c[nH]c(=O)c(C)c3)C(F)(F)F)c(Cl)c2)cc1OC. The highest BCUT2D eigenvalue weighted by Gasteiger charge is 2.59. The molecule has 6 nitrogen and oxygen atoms in total. The summed E-state index contributed by atoms with van der Waals surface area (Å²) < 4.78 is 52.6. The standard InChI is InChI=1S/C25H23ClF3NO5/c1-13-9-17(12-30-22(13)31)24(33,25(27,28)29)14(2)18-7-5-15(10-20(18)26)16-6-8-19(23(32)35-4)21(11-16)34-3/h5-12,14,33H,1-4H3,(H,30,31). The van der Waals surface area contributed by atoms with Gasteiger partial charge in [-0.05, 0) is 47.9 Å². The molecule has 3 rings (SSSR count). The van der Waals surface area contributed by atoms with Gasteiger partial charge in [0.05, 0.1) is 14.2 Å². The summed E-state index contributed by atoms with van der Waals surface area (Å²) in [7, 11) is 2.63. The summed E-state index contributed by atoms with van der Waals surface area (Å²) in [6.45, 7) is 2.56. The molecule has 2 unspecified atom stereocenters. The molecule has 0 aliphatic heterocycles. The number of H-pyrrole nitrogens is 1. The number of pyridine rings is 1. The topological polar surface area (TPSA) is 88.6 Å². The molecule has 1 heterocycles. The molecule has 0 bridgehead atoms. The van der Waals surface area contributed by atoms with Gasteiger partial charge < -0.3 is 19.6 Å². The second-order valence-corrected chi connectivity index (χ2v) is 8.44. The number of hydrogen-bond donors (Lipinski definition) is 2. The molecule has 0 saturated heterocycles. The summed E-state index contributed by atoms with van der Waals surface area (Å²) in [6, 6.07) is 10.1. The zero-order chi connectivity index (χ0) is 26.1. The number of rotatable bonds is 6. The van der Waals surface area contributed by atoms with E-state index in [-0.39, 0.29) is 27.5 Å². The van der Waals surface area contributed by atoms with Crippen LogP contribution in [0.15, 0.2) is 53.5 Å². The van der Waals surface area contributed by atoms with E-state index in [1.165, 1.54) is 46.3 Å². The first kappa shape index (κ1) is 26.3. The van der Waals surface area contributed by atoms with E-state index in [0.717, 1.165) is 12.3 Å². The lowest BCUT2D eigenvalue weighted by Crippen LogP contribution is -2.47. The van der Waals surface area contributed by atoms with Crippen LogP contribution in [0.3, 0.4) is 0 Å². The van der Waals surface area contributed by atoms with E-state index in [2.05, 4.69) is 4.98 Å². The lowest BCUT2D eigenvalue weighted by atomic mass is 9.77. The lowest BCUT2D eigenvalue weighted by molar-refractivity contribution is -0.274. The highest BCUT2D eigenvalue weighted by atomic mass is 35.5. The van der Waals surface area contributed by atoms with Gasteiger partial charge in [0.1, 0.15) is 11.3 Å². The number of benzene rings is 2. The Labute approximate surface area is 204 Å². The molecular weight excluding hydrogens is 487 g/mol. The third-order valence-corrected chi connectivity index (χ3v) is 6.32. The van der Waals surface area contributed by atoms with Crippen LogP contribution in [-0.2, 0) is 10.3 Å². The summed E-state index contributed by atoms with van der Waals surface area (Å²) >= 11 is 6.41. The molecule has 2 N–H and O–H groups in total. The average Bonchev–Trinajstić information content (AvgIpc) is 2.83. The first-order chi connectivity index (χ1) is 16.3. The Morgan fingerprint density at radius 3 is 2.26 bits per heavy atom. The summed E-state index contributed by atoms with van der Waals surface area (Å²) in [6.07, 6.45) is -4.22. The highest BCUT2D eigenvalue weighted by Crippen LogP contribution is 2.50. The number of halogens is 4. The minimum absolute atomic E-state index is 0.00478. The number of ether oxygens (including phenoxy) is 2. The van der Waals surface area contributed by atoms with Gasteiger partial charge in [0.2, 0.25) is 0 Å². The van der Waals surface area contributed by atoms with E-state index in [0.29, 0.717) is 11.1 Å². The molecule has 0 amide bonds. The van der Waals surface area contributed by atoms with Crippen molar-refractivity contribution in [3.05, 3.63) is 86.3 Å². The van der Waals surface area contributed by atoms with Crippen LogP contribution in [0.5, 0.6) is 5.75 Å². The first-order valence-electron chi connectivity index (χ1n) is 10.4. The van der Waals surface area contributed by atoms with E-state index in [9.17, 15) is 27.9 Å². The number of aromatic amines is 1. The molecule has 35 heavy (non-hydrogen) atoms. The predicted molar refractivity (Wildman–Crippen MR) is 125 cm³/mol. The zero-order valence-electron chi connectivity index (χ0n) is 19.3. The fourth-order valence-corrected chi connectivity index (χ4v) is 4.25. The van der Waals surface area contributed by atoms with Gasteiger partial charge in [-0.1, -0.05) is 36.7 Å². The molecule has 0 radical (unpaired) electrons. The molecule has 0 fully saturated rings. The number of alkyl halides is 3. The molecule has 2 atom stereocenters.